The number of nitrogens with two attached hydrogens (primary N) is 2. The Balaban J connectivity index is 1.37. The van der Waals surface area contributed by atoms with Crippen LogP contribution in [-0.4, -0.2) is 149 Å². The van der Waals surface area contributed by atoms with Gasteiger partial charge in [0.05, 0.1) is 42.6 Å². The van der Waals surface area contributed by atoms with Crippen LogP contribution in [0.4, 0.5) is 4.79 Å². The summed E-state index contributed by atoms with van der Waals surface area (Å²) >= 11 is 1.21. The fourth-order valence-corrected chi connectivity index (χ4v) is 7.50. The number of esters is 1. The van der Waals surface area contributed by atoms with Gasteiger partial charge in [-0.25, -0.2) is 9.78 Å². The maximum atomic E-state index is 13.0. The molecular formula is C32H49BN8O11S. The lowest BCUT2D eigenvalue weighted by atomic mass is 9.97. The zero-order chi connectivity index (χ0) is 38.3. The molecule has 2 fully saturated rings. The maximum Gasteiger partial charge on any atom is 0.325 e. The molecule has 0 spiro atoms. The minimum atomic E-state index is -1.47. The molecule has 4 amide bonds. The van der Waals surface area contributed by atoms with Gasteiger partial charge in [-0.05, 0) is 19.0 Å². The summed E-state index contributed by atoms with van der Waals surface area (Å²) in [6.45, 7) is -1.56. The number of aliphatic hydroxyl groups excluding tert-OH is 3. The molecule has 0 aliphatic carbocycles. The zero-order valence-electron chi connectivity index (χ0n) is 29.3. The van der Waals surface area contributed by atoms with Crippen molar-refractivity contribution in [3.63, 3.8) is 0 Å². The van der Waals surface area contributed by atoms with Crippen LogP contribution in [0.2, 0.25) is 0 Å². The van der Waals surface area contributed by atoms with Gasteiger partial charge in [-0.2, -0.15) is 0 Å². The van der Waals surface area contributed by atoms with E-state index in [0.717, 1.165) is 5.56 Å². The molecule has 12 N–H and O–H groups in total. The molecule has 2 aliphatic heterocycles. The second-order valence-electron chi connectivity index (χ2n) is 12.6. The predicted octanol–water partition coefficient (Wildman–Crippen LogP) is -3.71. The first-order valence-corrected chi connectivity index (χ1v) is 18.2. The highest BCUT2D eigenvalue weighted by Gasteiger charge is 2.45. The topological polar surface area (TPSA) is 295 Å². The zero-order valence-corrected chi connectivity index (χ0v) is 30.1. The van der Waals surface area contributed by atoms with Crippen molar-refractivity contribution in [1.29, 1.82) is 0 Å². The number of amides is 4. The van der Waals surface area contributed by atoms with Crippen molar-refractivity contribution in [2.24, 2.45) is 11.5 Å². The number of primary amides is 1. The number of likely N-dealkylation sites (N-methyl/N-ethyl adjacent to an activating group) is 1. The summed E-state index contributed by atoms with van der Waals surface area (Å²) in [4.78, 5) is 56.5. The van der Waals surface area contributed by atoms with Crippen LogP contribution in [0.3, 0.4) is 0 Å². The van der Waals surface area contributed by atoms with Crippen LogP contribution in [0.25, 0.3) is 0 Å². The number of nitrogens with zero attached hydrogens (tertiary/aromatic N) is 1. The van der Waals surface area contributed by atoms with Gasteiger partial charge in [-0.15, -0.1) is 11.8 Å². The van der Waals surface area contributed by atoms with Crippen LogP contribution in [-0.2, 0) is 46.1 Å². The molecule has 4 rings (SSSR count). The number of imidazole rings is 1. The van der Waals surface area contributed by atoms with Gasteiger partial charge in [0.15, 0.2) is 6.10 Å². The molecule has 0 bridgehead atoms. The Hall–Kier alpha value is -3.80. The number of aliphatic hydroxyl groups is 3. The molecule has 2 aromatic rings. The first-order valence-electron chi connectivity index (χ1n) is 17.2. The maximum absolute atomic E-state index is 13.0. The second-order valence-corrected chi connectivity index (χ2v) is 14.0. The van der Waals surface area contributed by atoms with Crippen molar-refractivity contribution in [2.45, 2.75) is 85.2 Å². The summed E-state index contributed by atoms with van der Waals surface area (Å²) in [6.07, 6.45) is -1.96. The molecule has 53 heavy (non-hydrogen) atoms. The van der Waals surface area contributed by atoms with E-state index in [4.69, 9.17) is 30.3 Å². The number of rotatable bonds is 19. The first kappa shape index (κ1) is 42.0. The normalized spacial score (nSPS) is 26.8. The summed E-state index contributed by atoms with van der Waals surface area (Å²) in [7, 11) is 1.74. The number of hydrogen-bond acceptors (Lipinski definition) is 15. The second kappa shape index (κ2) is 21.2. The summed E-state index contributed by atoms with van der Waals surface area (Å²) in [5.41, 5.74) is 12.4. The van der Waals surface area contributed by atoms with Crippen molar-refractivity contribution in [1.82, 2.24) is 31.2 Å². The Morgan fingerprint density at radius 2 is 1.89 bits per heavy atom. The van der Waals surface area contributed by atoms with Crippen molar-refractivity contribution in [3.8, 4) is 0 Å². The molecule has 10 atom stereocenters. The number of aromatic amines is 1. The molecule has 1 aromatic carbocycles. The molecule has 3 heterocycles. The number of thioether (sulfide) groups is 1. The third-order valence-electron chi connectivity index (χ3n) is 8.72. The number of H-pyrrole nitrogens is 1. The fraction of sp³-hybridized carbons (Fsp3) is 0.594. The van der Waals surface area contributed by atoms with Crippen molar-refractivity contribution in [2.75, 3.05) is 33.3 Å². The lowest BCUT2D eigenvalue weighted by Crippen LogP contribution is -2.60. The quantitative estimate of drug-likeness (QED) is 0.0374. The lowest BCUT2D eigenvalue weighted by Gasteiger charge is -2.44. The molecule has 292 valence electrons. The number of carbonyl (C=O) groups excluding carboxylic acids is 4. The van der Waals surface area contributed by atoms with Crippen molar-refractivity contribution in [3.05, 3.63) is 54.1 Å². The van der Waals surface area contributed by atoms with Gasteiger partial charge >= 0.3 is 12.0 Å². The van der Waals surface area contributed by atoms with E-state index in [1.165, 1.54) is 24.3 Å². The lowest BCUT2D eigenvalue weighted by molar-refractivity contribution is -0.249. The summed E-state index contributed by atoms with van der Waals surface area (Å²) in [6, 6.07) is 7.03. The Bertz CT molecular complexity index is 1450. The van der Waals surface area contributed by atoms with Gasteiger partial charge in [0.25, 0.3) is 7.48 Å². The molecule has 21 heteroatoms. The minimum Gasteiger partial charge on any atom is -0.455 e. The van der Waals surface area contributed by atoms with Gasteiger partial charge < -0.3 is 71.9 Å². The smallest absolute Gasteiger partial charge is 0.325 e. The SMILES string of the molecule is CN[C@@H](Cc1ccccc1)C(=O)NCBO[C@H]1C[C@@H](O[C@H]2C[C@H](N)[C@H](NC(N)=O)[C@H](CO)S2)[C@H](OC(=O)CNC(=O)[C@@H](O)Cc2c[nH]cn2)[C@@H](CO)O1. The predicted molar refractivity (Wildman–Crippen MR) is 192 cm³/mol. The fourth-order valence-electron chi connectivity index (χ4n) is 6.04. The first-order chi connectivity index (χ1) is 25.5. The average molecular weight is 765 g/mol. The van der Waals surface area contributed by atoms with E-state index in [2.05, 4.69) is 31.2 Å². The largest absolute Gasteiger partial charge is 0.455 e. The Morgan fingerprint density at radius 1 is 1.11 bits per heavy atom. The van der Waals surface area contributed by atoms with Crippen LogP contribution < -0.4 is 32.7 Å². The number of aromatic nitrogens is 2. The van der Waals surface area contributed by atoms with Gasteiger partial charge in [0, 0.05) is 37.9 Å². The molecule has 2 saturated heterocycles. The molecule has 0 radical (unpaired) electrons. The van der Waals surface area contributed by atoms with E-state index in [-0.39, 0.29) is 45.7 Å². The standard InChI is InChI=1S/C32H49BN8O11S/c1-36-20(7-17-5-3-2-4-6-17)30(46)39-15-33-52-26-10-22(50-27-9-19(34)28(41-32(35)48)24(14-43)53-27)29(23(13-42)49-26)51-25(45)12-38-31(47)21(44)8-18-11-37-16-40-18/h2-6,11,16,19-24,26-29,33,36,42-44H,7-10,12-15,34H2,1H3,(H,37,40)(H,38,47)(H,39,46)(H3,35,41,48)/t19-,20-,21-,22+,23+,24-,26-,27+,28-,29-/m0/s1. The minimum absolute atomic E-state index is 0.0172. The Labute approximate surface area is 311 Å². The summed E-state index contributed by atoms with van der Waals surface area (Å²) in [5, 5.41) is 40.7. The Morgan fingerprint density at radius 3 is 2.55 bits per heavy atom. The number of hydrogen-bond donors (Lipinski definition) is 10. The van der Waals surface area contributed by atoms with Gasteiger partial charge in [-0.3, -0.25) is 14.4 Å². The third kappa shape index (κ3) is 12.9. The van der Waals surface area contributed by atoms with Crippen LogP contribution >= 0.6 is 11.8 Å². The molecule has 2 aliphatic rings. The molecule has 0 unspecified atom stereocenters. The van der Waals surface area contributed by atoms with Gasteiger partial charge in [-0.1, -0.05) is 30.3 Å². The number of nitrogens with one attached hydrogen (secondary N) is 5. The van der Waals surface area contributed by atoms with E-state index in [1.807, 2.05) is 30.3 Å². The van der Waals surface area contributed by atoms with E-state index >= 15 is 0 Å². The van der Waals surface area contributed by atoms with Crippen LogP contribution in [0.15, 0.2) is 42.9 Å². The monoisotopic (exact) mass is 764 g/mol. The van der Waals surface area contributed by atoms with Gasteiger partial charge in [0.1, 0.15) is 36.6 Å². The third-order valence-corrected chi connectivity index (χ3v) is 10.1. The number of benzene rings is 1. The number of urea groups is 1. The van der Waals surface area contributed by atoms with E-state index in [0.29, 0.717) is 12.1 Å². The van der Waals surface area contributed by atoms with Crippen LogP contribution in [0.5, 0.6) is 0 Å². The highest BCUT2D eigenvalue weighted by molar-refractivity contribution is 8.00. The van der Waals surface area contributed by atoms with E-state index < -0.39 is 90.6 Å². The molecule has 1 aromatic heterocycles. The Kier molecular flexibility index (Phi) is 16.8. The number of ether oxygens (including phenoxy) is 3. The van der Waals surface area contributed by atoms with Crippen molar-refractivity contribution >= 4 is 43.1 Å². The van der Waals surface area contributed by atoms with E-state index in [9.17, 15) is 34.5 Å². The van der Waals surface area contributed by atoms with Crippen molar-refractivity contribution < 1.29 is 53.4 Å². The molecular weight excluding hydrogens is 715 g/mol. The molecule has 19 nitrogen and oxygen atoms in total. The van der Waals surface area contributed by atoms with Crippen LogP contribution in [0, 0.1) is 0 Å². The summed E-state index contributed by atoms with van der Waals surface area (Å²) in [5.74, 6) is -1.94. The highest BCUT2D eigenvalue weighted by atomic mass is 32.2. The number of carbonyl (C=O) groups is 4. The van der Waals surface area contributed by atoms with Gasteiger partial charge in [0.2, 0.25) is 11.8 Å². The van der Waals surface area contributed by atoms with E-state index in [1.54, 1.807) is 7.05 Å². The summed E-state index contributed by atoms with van der Waals surface area (Å²) < 4.78 is 24.0. The highest BCUT2D eigenvalue weighted by Crippen LogP contribution is 2.36. The molecule has 0 saturated carbocycles. The van der Waals surface area contributed by atoms with Crippen LogP contribution in [0.1, 0.15) is 24.1 Å². The average Bonchev–Trinajstić information content (AvgIpc) is 3.66.